The summed E-state index contributed by atoms with van der Waals surface area (Å²) in [5.74, 6) is 0. The van der Waals surface area contributed by atoms with Crippen molar-refractivity contribution >= 4 is 0 Å². The van der Waals surface area contributed by atoms with Crippen molar-refractivity contribution in [2.45, 2.75) is 71.8 Å². The van der Waals surface area contributed by atoms with Crippen LogP contribution in [0, 0.1) is 0 Å². The van der Waals surface area contributed by atoms with Crippen molar-refractivity contribution < 1.29 is 0 Å². The third-order valence-corrected chi connectivity index (χ3v) is 4.54. The van der Waals surface area contributed by atoms with Crippen LogP contribution in [0.15, 0.2) is 12.1 Å². The molecule has 1 nitrogen and oxygen atoms in total. The first-order valence-corrected chi connectivity index (χ1v) is 7.46. The zero-order valence-corrected chi connectivity index (χ0v) is 12.0. The monoisotopic (exact) mass is 259 g/mol. The highest BCUT2D eigenvalue weighted by Gasteiger charge is 2.29. The van der Waals surface area contributed by atoms with Crippen LogP contribution < -0.4 is 5.32 Å². The molecule has 1 aromatic carbocycles. The van der Waals surface area contributed by atoms with E-state index in [0.717, 1.165) is 0 Å². The molecule has 1 fully saturated rings. The van der Waals surface area contributed by atoms with E-state index in [1.807, 2.05) is 0 Å². The Hall–Kier alpha value is -0.820. The average molecular weight is 259 g/mol. The molecule has 0 aromatic heterocycles. The Balaban J connectivity index is 0.00000133. The first-order chi connectivity index (χ1) is 8.57. The molecule has 1 unspecified atom stereocenters. The van der Waals surface area contributed by atoms with Crippen molar-refractivity contribution in [2.24, 2.45) is 0 Å². The van der Waals surface area contributed by atoms with Crippen LogP contribution >= 0.6 is 0 Å². The zero-order chi connectivity index (χ0) is 12.8. The Morgan fingerprint density at radius 3 is 2.53 bits per heavy atom. The van der Waals surface area contributed by atoms with Crippen molar-refractivity contribution in [3.8, 4) is 0 Å². The van der Waals surface area contributed by atoms with Gasteiger partial charge in [-0.05, 0) is 66.3 Å². The normalized spacial score (nSPS) is 22.2. The number of fused-ring (bicyclic) bond motifs is 1. The van der Waals surface area contributed by atoms with Gasteiger partial charge >= 0.3 is 0 Å². The average Bonchev–Trinajstić information content (AvgIpc) is 2.97. The van der Waals surface area contributed by atoms with Crippen LogP contribution in [0.1, 0.15) is 75.8 Å². The molecule has 1 atom stereocenters. The molecule has 1 heterocycles. The van der Waals surface area contributed by atoms with Crippen LogP contribution in [0.3, 0.4) is 0 Å². The van der Waals surface area contributed by atoms with Gasteiger partial charge in [0.25, 0.3) is 0 Å². The van der Waals surface area contributed by atoms with E-state index in [4.69, 9.17) is 0 Å². The molecule has 1 N–H and O–H groups in total. The second-order valence-electron chi connectivity index (χ2n) is 6.92. The van der Waals surface area contributed by atoms with Gasteiger partial charge < -0.3 is 5.32 Å². The molecule has 1 aromatic rings. The van der Waals surface area contributed by atoms with Gasteiger partial charge in [-0.15, -0.1) is 0 Å². The van der Waals surface area contributed by atoms with E-state index < -0.39 is 0 Å². The first-order valence-electron chi connectivity index (χ1n) is 7.46. The summed E-state index contributed by atoms with van der Waals surface area (Å²) in [4.78, 5) is 0. The molecule has 0 radical (unpaired) electrons. The quantitative estimate of drug-likeness (QED) is 0.781. The summed E-state index contributed by atoms with van der Waals surface area (Å²) in [6, 6.07) is 5.41. The minimum absolute atomic E-state index is 0. The summed E-state index contributed by atoms with van der Waals surface area (Å²) in [6.07, 6.45) is 6.59. The highest BCUT2D eigenvalue weighted by atomic mass is 14.9. The fourth-order valence-corrected chi connectivity index (χ4v) is 3.68. The molecule has 0 bridgehead atoms. The lowest BCUT2D eigenvalue weighted by atomic mass is 9.78. The van der Waals surface area contributed by atoms with E-state index in [9.17, 15) is 0 Å². The first kappa shape index (κ1) is 14.6. The molecule has 0 amide bonds. The molecular formula is C18H29N. The minimum Gasteiger partial charge on any atom is -0.310 e. The minimum atomic E-state index is 0. The Kier molecular flexibility index (Phi) is 4.06. The Bertz CT molecular complexity index is 447. The fraction of sp³-hybridized carbons (Fsp3) is 0.667. The number of hydrogen-bond donors (Lipinski definition) is 1. The number of aryl methyl sites for hydroxylation is 1. The maximum atomic E-state index is 3.72. The molecule has 0 spiro atoms. The summed E-state index contributed by atoms with van der Waals surface area (Å²) < 4.78 is 0. The second-order valence-corrected chi connectivity index (χ2v) is 6.92. The van der Waals surface area contributed by atoms with Gasteiger partial charge in [0.2, 0.25) is 0 Å². The van der Waals surface area contributed by atoms with Gasteiger partial charge in [-0.2, -0.15) is 0 Å². The largest absolute Gasteiger partial charge is 0.310 e. The van der Waals surface area contributed by atoms with Crippen LogP contribution in [0.5, 0.6) is 0 Å². The molecule has 3 rings (SSSR count). The maximum absolute atomic E-state index is 3.72. The highest BCUT2D eigenvalue weighted by Crippen LogP contribution is 2.39. The van der Waals surface area contributed by atoms with Crippen LogP contribution in [0.2, 0.25) is 0 Å². The number of nitrogens with one attached hydrogen (secondary N) is 1. The fourth-order valence-electron chi connectivity index (χ4n) is 3.68. The van der Waals surface area contributed by atoms with Crippen molar-refractivity contribution in [1.29, 1.82) is 0 Å². The predicted octanol–water partition coefficient (Wildman–Crippen LogP) is 4.53. The third kappa shape index (κ3) is 2.58. The van der Waals surface area contributed by atoms with Gasteiger partial charge in [-0.3, -0.25) is 0 Å². The smallest absolute Gasteiger partial charge is 0.0326 e. The lowest BCUT2D eigenvalue weighted by molar-refractivity contribution is 0.553. The molecule has 2 aliphatic rings. The summed E-state index contributed by atoms with van der Waals surface area (Å²) in [5, 5.41) is 3.72. The Labute approximate surface area is 118 Å². The van der Waals surface area contributed by atoms with E-state index in [0.29, 0.717) is 6.04 Å². The van der Waals surface area contributed by atoms with Gasteiger partial charge in [-0.25, -0.2) is 0 Å². The Morgan fingerprint density at radius 2 is 1.89 bits per heavy atom. The van der Waals surface area contributed by atoms with Crippen LogP contribution in [0.25, 0.3) is 0 Å². The number of rotatable bonds is 1. The third-order valence-electron chi connectivity index (χ3n) is 4.54. The van der Waals surface area contributed by atoms with Crippen molar-refractivity contribution in [2.75, 3.05) is 6.54 Å². The Morgan fingerprint density at radius 1 is 1.11 bits per heavy atom. The van der Waals surface area contributed by atoms with Gasteiger partial charge in [0.05, 0.1) is 0 Å². The number of hydrogen-bond acceptors (Lipinski definition) is 1. The van der Waals surface area contributed by atoms with E-state index >= 15 is 0 Å². The predicted molar refractivity (Wildman–Crippen MR) is 83.9 cm³/mol. The van der Waals surface area contributed by atoms with Crippen LogP contribution in [-0.4, -0.2) is 6.54 Å². The van der Waals surface area contributed by atoms with Crippen LogP contribution in [0.4, 0.5) is 0 Å². The molecule has 1 aliphatic carbocycles. The molecule has 1 heteroatoms. The highest BCUT2D eigenvalue weighted by molar-refractivity contribution is 5.48. The van der Waals surface area contributed by atoms with E-state index in [2.05, 4.69) is 38.2 Å². The van der Waals surface area contributed by atoms with Gasteiger partial charge in [0.15, 0.2) is 0 Å². The standard InChI is InChI=1S/C17H25N.CH4/c1-17(2,3)14-10-9-12-6-4-7-13(12)16(14)15-8-5-11-18-15;/h9-10,15,18H,4-8,11H2,1-3H3;1H4. The van der Waals surface area contributed by atoms with Crippen molar-refractivity contribution in [3.05, 3.63) is 34.4 Å². The van der Waals surface area contributed by atoms with Crippen molar-refractivity contribution in [1.82, 2.24) is 5.32 Å². The molecule has 0 saturated carbocycles. The van der Waals surface area contributed by atoms with Gasteiger partial charge in [0, 0.05) is 6.04 Å². The van der Waals surface area contributed by atoms with Gasteiger partial charge in [-0.1, -0.05) is 40.3 Å². The molecule has 106 valence electrons. The van der Waals surface area contributed by atoms with Crippen molar-refractivity contribution in [3.63, 3.8) is 0 Å². The van der Waals surface area contributed by atoms with Gasteiger partial charge in [0.1, 0.15) is 0 Å². The van der Waals surface area contributed by atoms with Crippen LogP contribution in [-0.2, 0) is 18.3 Å². The second kappa shape index (κ2) is 5.28. The number of benzene rings is 1. The summed E-state index contributed by atoms with van der Waals surface area (Å²) >= 11 is 0. The zero-order valence-electron chi connectivity index (χ0n) is 12.0. The summed E-state index contributed by atoms with van der Waals surface area (Å²) in [7, 11) is 0. The van der Waals surface area contributed by atoms with E-state index in [-0.39, 0.29) is 12.8 Å². The van der Waals surface area contributed by atoms with E-state index in [1.165, 1.54) is 38.6 Å². The molecule has 1 aliphatic heterocycles. The van der Waals surface area contributed by atoms with E-state index in [1.54, 1.807) is 22.3 Å². The lowest BCUT2D eigenvalue weighted by Crippen LogP contribution is -2.22. The summed E-state index contributed by atoms with van der Waals surface area (Å²) in [5.41, 5.74) is 6.79. The molecule has 19 heavy (non-hydrogen) atoms. The molecular weight excluding hydrogens is 230 g/mol. The molecule has 1 saturated heterocycles. The summed E-state index contributed by atoms with van der Waals surface area (Å²) in [6.45, 7) is 8.24. The lowest BCUT2D eigenvalue weighted by Gasteiger charge is -2.28. The SMILES string of the molecule is C.CC(C)(C)c1ccc2c(c1C1CCCN1)CCC2. The topological polar surface area (TPSA) is 12.0 Å². The maximum Gasteiger partial charge on any atom is 0.0326 e.